The molecule has 1 amide bonds. The second-order valence-electron chi connectivity index (χ2n) is 6.97. The number of hydrogen-bond acceptors (Lipinski definition) is 5. The number of amides is 1. The number of nitrogens with one attached hydrogen (secondary N) is 2. The minimum Gasteiger partial charge on any atom is -0.497 e. The van der Waals surface area contributed by atoms with E-state index in [-0.39, 0.29) is 5.91 Å². The van der Waals surface area contributed by atoms with Crippen molar-refractivity contribution in [2.24, 2.45) is 0 Å². The third-order valence-corrected chi connectivity index (χ3v) is 6.13. The molecule has 0 saturated heterocycles. The molecule has 31 heavy (non-hydrogen) atoms. The molecule has 0 spiro atoms. The largest absolute Gasteiger partial charge is 0.497 e. The van der Waals surface area contributed by atoms with Crippen LogP contribution in [0.4, 0.5) is 17.1 Å². The zero-order chi connectivity index (χ0) is 22.6. The molecule has 0 aliphatic rings. The molecule has 162 valence electrons. The highest BCUT2D eigenvalue weighted by Gasteiger charge is 2.19. The zero-order valence-corrected chi connectivity index (χ0v) is 18.7. The summed E-state index contributed by atoms with van der Waals surface area (Å²) >= 11 is 0. The lowest BCUT2D eigenvalue weighted by atomic mass is 10.0. The van der Waals surface area contributed by atoms with Gasteiger partial charge in [-0.2, -0.15) is 0 Å². The highest BCUT2D eigenvalue weighted by molar-refractivity contribution is 7.92. The molecule has 3 rings (SSSR count). The van der Waals surface area contributed by atoms with Crippen molar-refractivity contribution < 1.29 is 17.9 Å². The molecule has 2 N–H and O–H groups in total. The maximum absolute atomic E-state index is 12.8. The number of benzene rings is 3. The summed E-state index contributed by atoms with van der Waals surface area (Å²) in [5.41, 5.74) is 3.96. The van der Waals surface area contributed by atoms with E-state index in [9.17, 15) is 13.2 Å². The molecule has 0 bridgehead atoms. The summed E-state index contributed by atoms with van der Waals surface area (Å²) in [6.07, 6.45) is 1.12. The molecule has 3 aromatic rings. The second-order valence-corrected chi connectivity index (χ2v) is 8.99. The van der Waals surface area contributed by atoms with Crippen LogP contribution in [-0.4, -0.2) is 41.8 Å². The first-order valence-corrected chi connectivity index (χ1v) is 11.4. The van der Waals surface area contributed by atoms with Crippen LogP contribution in [0.15, 0.2) is 66.7 Å². The average Bonchev–Trinajstić information content (AvgIpc) is 2.78. The molecule has 0 heterocycles. The van der Waals surface area contributed by atoms with Gasteiger partial charge in [0.1, 0.15) is 5.75 Å². The Morgan fingerprint density at radius 3 is 2.10 bits per heavy atom. The van der Waals surface area contributed by atoms with Gasteiger partial charge in [0.25, 0.3) is 5.91 Å². The lowest BCUT2D eigenvalue weighted by Crippen LogP contribution is -2.26. The topological polar surface area (TPSA) is 87.7 Å². The van der Waals surface area contributed by atoms with Crippen LogP contribution in [0.1, 0.15) is 10.4 Å². The summed E-state index contributed by atoms with van der Waals surface area (Å²) in [6.45, 7) is 0. The van der Waals surface area contributed by atoms with Crippen LogP contribution >= 0.6 is 0 Å². The van der Waals surface area contributed by atoms with Gasteiger partial charge in [-0.05, 0) is 59.7 Å². The molecular weight excluding hydrogens is 414 g/mol. The molecule has 7 nitrogen and oxygen atoms in total. The van der Waals surface area contributed by atoms with Crippen molar-refractivity contribution >= 4 is 33.0 Å². The smallest absolute Gasteiger partial charge is 0.255 e. The van der Waals surface area contributed by atoms with Gasteiger partial charge >= 0.3 is 0 Å². The molecule has 3 aromatic carbocycles. The van der Waals surface area contributed by atoms with Gasteiger partial charge in [0.2, 0.25) is 10.0 Å². The van der Waals surface area contributed by atoms with Gasteiger partial charge in [0.05, 0.1) is 24.7 Å². The Kier molecular flexibility index (Phi) is 6.50. The first kappa shape index (κ1) is 22.2. The highest BCUT2D eigenvalue weighted by atomic mass is 32.2. The Bertz CT molecular complexity index is 1170. The second kappa shape index (κ2) is 9.09. The van der Waals surface area contributed by atoms with E-state index in [0.717, 1.165) is 27.4 Å². The van der Waals surface area contributed by atoms with Gasteiger partial charge in [0.15, 0.2) is 0 Å². The summed E-state index contributed by atoms with van der Waals surface area (Å²) in [7, 11) is 1.33. The molecule has 0 saturated carbocycles. The van der Waals surface area contributed by atoms with Gasteiger partial charge in [-0.1, -0.05) is 18.2 Å². The minimum absolute atomic E-state index is 0.353. The van der Waals surface area contributed by atoms with E-state index in [0.29, 0.717) is 22.7 Å². The minimum atomic E-state index is -3.52. The first-order chi connectivity index (χ1) is 14.7. The van der Waals surface area contributed by atoms with Gasteiger partial charge in [-0.15, -0.1) is 0 Å². The summed E-state index contributed by atoms with van der Waals surface area (Å²) in [6, 6.07) is 19.8. The molecule has 0 unspecified atom stereocenters. The van der Waals surface area contributed by atoms with E-state index in [1.807, 2.05) is 37.4 Å². The quantitative estimate of drug-likeness (QED) is 0.580. The Hall–Kier alpha value is -3.52. The fourth-order valence-electron chi connectivity index (χ4n) is 3.04. The van der Waals surface area contributed by atoms with Crippen LogP contribution in [0.25, 0.3) is 11.1 Å². The average molecular weight is 440 g/mol. The van der Waals surface area contributed by atoms with Gasteiger partial charge in [-0.25, -0.2) is 8.42 Å². The normalized spacial score (nSPS) is 11.0. The van der Waals surface area contributed by atoms with Crippen LogP contribution in [-0.2, 0) is 10.0 Å². The Morgan fingerprint density at radius 1 is 0.935 bits per heavy atom. The maximum Gasteiger partial charge on any atom is 0.255 e. The standard InChI is InChI=1S/C23H25N3O4S/c1-24-19-10-5-16(6-11-19)18-9-14-22(26(2)31(4,28)29)21(15-18)25-23(27)17-7-12-20(30-3)13-8-17/h5-15,24H,1-4H3,(H,25,27). The van der Waals surface area contributed by atoms with Crippen LogP contribution in [0.2, 0.25) is 0 Å². The molecule has 8 heteroatoms. The molecule has 0 fully saturated rings. The highest BCUT2D eigenvalue weighted by Crippen LogP contribution is 2.33. The van der Waals surface area contributed by atoms with Crippen molar-refractivity contribution in [1.82, 2.24) is 0 Å². The number of rotatable bonds is 7. The van der Waals surface area contributed by atoms with Crippen molar-refractivity contribution in [2.75, 3.05) is 42.4 Å². The van der Waals surface area contributed by atoms with Crippen LogP contribution < -0.4 is 19.7 Å². The molecule has 0 aliphatic carbocycles. The van der Waals surface area contributed by atoms with Gasteiger partial charge in [-0.3, -0.25) is 9.10 Å². The predicted molar refractivity (Wildman–Crippen MR) is 126 cm³/mol. The fourth-order valence-corrected chi connectivity index (χ4v) is 3.55. The van der Waals surface area contributed by atoms with Crippen LogP contribution in [0.3, 0.4) is 0 Å². The van der Waals surface area contributed by atoms with Gasteiger partial charge < -0.3 is 15.4 Å². The summed E-state index contributed by atoms with van der Waals surface area (Å²) in [5, 5.41) is 5.92. The molecule has 0 aromatic heterocycles. The molecule has 0 atom stereocenters. The molecule has 0 radical (unpaired) electrons. The third-order valence-electron chi connectivity index (χ3n) is 4.94. The number of anilines is 3. The van der Waals surface area contributed by atoms with E-state index < -0.39 is 10.0 Å². The molecule has 0 aliphatic heterocycles. The number of ether oxygens (including phenoxy) is 1. The molecular formula is C23H25N3O4S. The van der Waals surface area contributed by atoms with Crippen molar-refractivity contribution in [2.45, 2.75) is 0 Å². The number of nitrogens with zero attached hydrogens (tertiary/aromatic N) is 1. The van der Waals surface area contributed by atoms with Crippen LogP contribution in [0.5, 0.6) is 5.75 Å². The zero-order valence-electron chi connectivity index (χ0n) is 17.8. The van der Waals surface area contributed by atoms with Crippen molar-refractivity contribution in [3.05, 3.63) is 72.3 Å². The van der Waals surface area contributed by atoms with E-state index in [2.05, 4.69) is 10.6 Å². The monoisotopic (exact) mass is 439 g/mol. The predicted octanol–water partition coefficient (Wildman–Crippen LogP) is 4.05. The number of carbonyl (C=O) groups is 1. The van der Waals surface area contributed by atoms with Crippen molar-refractivity contribution in [3.8, 4) is 16.9 Å². The van der Waals surface area contributed by atoms with Crippen molar-refractivity contribution in [3.63, 3.8) is 0 Å². The number of sulfonamides is 1. The summed E-state index contributed by atoms with van der Waals surface area (Å²) in [5.74, 6) is 0.287. The summed E-state index contributed by atoms with van der Waals surface area (Å²) < 4.78 is 30.5. The van der Waals surface area contributed by atoms with E-state index in [1.165, 1.54) is 7.05 Å². The first-order valence-electron chi connectivity index (χ1n) is 9.54. The maximum atomic E-state index is 12.8. The fraction of sp³-hybridized carbons (Fsp3) is 0.174. The van der Waals surface area contributed by atoms with Gasteiger partial charge in [0, 0.05) is 25.3 Å². The Balaban J connectivity index is 2.01. The Morgan fingerprint density at radius 2 is 1.55 bits per heavy atom. The SMILES string of the molecule is CNc1ccc(-c2ccc(N(C)S(C)(=O)=O)c(NC(=O)c3ccc(OC)cc3)c2)cc1. The number of methoxy groups -OCH3 is 1. The third kappa shape index (κ3) is 5.16. The number of hydrogen-bond donors (Lipinski definition) is 2. The van der Waals surface area contributed by atoms with Crippen molar-refractivity contribution in [1.29, 1.82) is 0 Å². The lowest BCUT2D eigenvalue weighted by molar-refractivity contribution is 0.102. The Labute approximate surface area is 182 Å². The lowest BCUT2D eigenvalue weighted by Gasteiger charge is -2.21. The van der Waals surface area contributed by atoms with E-state index in [4.69, 9.17) is 4.74 Å². The van der Waals surface area contributed by atoms with E-state index >= 15 is 0 Å². The van der Waals surface area contributed by atoms with Crippen LogP contribution in [0, 0.1) is 0 Å². The summed E-state index contributed by atoms with van der Waals surface area (Å²) in [4.78, 5) is 12.8. The van der Waals surface area contributed by atoms with E-state index in [1.54, 1.807) is 43.5 Å². The number of carbonyl (C=O) groups excluding carboxylic acids is 1.